The number of piperidine rings is 1. The molecule has 5 heteroatoms. The fourth-order valence-corrected chi connectivity index (χ4v) is 4.55. The highest BCUT2D eigenvalue weighted by atomic mass is 32.2. The molecule has 0 spiro atoms. The molecule has 0 amide bonds. The molecule has 1 aliphatic heterocycles. The fraction of sp³-hybridized carbons (Fsp3) is 0.588. The molecule has 0 saturated carbocycles. The maximum Gasteiger partial charge on any atom is 0.214 e. The predicted octanol–water partition coefficient (Wildman–Crippen LogP) is 2.96. The van der Waals surface area contributed by atoms with Gasteiger partial charge in [-0.1, -0.05) is 30.3 Å². The Morgan fingerprint density at radius 1 is 1.14 bits per heavy atom. The average molecular weight is 320 g/mol. The highest BCUT2D eigenvalue weighted by Crippen LogP contribution is 2.23. The van der Waals surface area contributed by atoms with E-state index in [0.717, 1.165) is 19.3 Å². The summed E-state index contributed by atoms with van der Waals surface area (Å²) in [6.07, 6.45) is 4.60. The van der Waals surface area contributed by atoms with Gasteiger partial charge >= 0.3 is 0 Å². The van der Waals surface area contributed by atoms with Crippen molar-refractivity contribution in [1.82, 2.24) is 4.31 Å². The van der Waals surface area contributed by atoms with Gasteiger partial charge in [-0.25, -0.2) is 12.7 Å². The van der Waals surface area contributed by atoms with Crippen LogP contribution in [0.25, 0.3) is 0 Å². The van der Waals surface area contributed by atoms with Crippen LogP contribution in [0.15, 0.2) is 30.3 Å². The standard InChI is InChI=1S/C17H24N2O2S/c18-11-5-2-6-14-22(20,21)19-12-9-17(10-13-19)15-16-7-3-1-4-8-16/h1,3-4,7-8,17H,2,5-6,9-10,12-15H2. The van der Waals surface area contributed by atoms with Crippen LogP contribution in [0.3, 0.4) is 0 Å². The van der Waals surface area contributed by atoms with E-state index in [0.29, 0.717) is 38.3 Å². The molecule has 0 N–H and O–H groups in total. The first kappa shape index (κ1) is 17.0. The number of nitrogens with zero attached hydrogens (tertiary/aromatic N) is 2. The van der Waals surface area contributed by atoms with Crippen LogP contribution in [0.1, 0.15) is 37.7 Å². The Morgan fingerprint density at radius 3 is 2.45 bits per heavy atom. The summed E-state index contributed by atoms with van der Waals surface area (Å²) in [7, 11) is -3.14. The van der Waals surface area contributed by atoms with E-state index < -0.39 is 10.0 Å². The molecule has 0 aromatic heterocycles. The van der Waals surface area contributed by atoms with E-state index in [1.165, 1.54) is 5.56 Å². The van der Waals surface area contributed by atoms with Crippen LogP contribution in [0.5, 0.6) is 0 Å². The molecule has 4 nitrogen and oxygen atoms in total. The number of hydrogen-bond acceptors (Lipinski definition) is 3. The molecule has 0 unspecified atom stereocenters. The molecular formula is C17H24N2O2S. The van der Waals surface area contributed by atoms with E-state index in [1.807, 2.05) is 6.07 Å². The van der Waals surface area contributed by atoms with Crippen molar-refractivity contribution < 1.29 is 8.42 Å². The number of hydrogen-bond donors (Lipinski definition) is 0. The second-order valence-electron chi connectivity index (χ2n) is 5.96. The Bertz CT molecular complexity index is 585. The first-order valence-corrected chi connectivity index (χ1v) is 9.61. The lowest BCUT2D eigenvalue weighted by Gasteiger charge is -2.31. The lowest BCUT2D eigenvalue weighted by atomic mass is 9.91. The van der Waals surface area contributed by atoms with Gasteiger partial charge in [0.2, 0.25) is 10.0 Å². The summed E-state index contributed by atoms with van der Waals surface area (Å²) < 4.78 is 26.2. The summed E-state index contributed by atoms with van der Waals surface area (Å²) in [5.74, 6) is 0.755. The number of rotatable bonds is 7. The molecule has 0 atom stereocenters. The zero-order chi connectivity index (χ0) is 15.8. The molecule has 22 heavy (non-hydrogen) atoms. The van der Waals surface area contributed by atoms with Crippen molar-refractivity contribution >= 4 is 10.0 Å². The quantitative estimate of drug-likeness (QED) is 0.726. The number of sulfonamides is 1. The van der Waals surface area contributed by atoms with Crippen molar-refractivity contribution in [3.8, 4) is 6.07 Å². The minimum atomic E-state index is -3.14. The zero-order valence-electron chi connectivity index (χ0n) is 12.9. The van der Waals surface area contributed by atoms with Crippen LogP contribution in [0.2, 0.25) is 0 Å². The van der Waals surface area contributed by atoms with Crippen LogP contribution in [-0.2, 0) is 16.4 Å². The highest BCUT2D eigenvalue weighted by Gasteiger charge is 2.27. The smallest absolute Gasteiger partial charge is 0.212 e. The molecular weight excluding hydrogens is 296 g/mol. The lowest BCUT2D eigenvalue weighted by molar-refractivity contribution is 0.272. The van der Waals surface area contributed by atoms with Gasteiger partial charge in [0, 0.05) is 19.5 Å². The third-order valence-electron chi connectivity index (χ3n) is 4.27. The predicted molar refractivity (Wildman–Crippen MR) is 87.7 cm³/mol. The monoisotopic (exact) mass is 320 g/mol. The second kappa shape index (κ2) is 8.30. The Balaban J connectivity index is 1.77. The summed E-state index contributed by atoms with van der Waals surface area (Å²) in [5, 5.41) is 8.48. The molecule has 1 fully saturated rings. The third kappa shape index (κ3) is 5.11. The molecule has 1 aromatic rings. The maximum atomic E-state index is 12.3. The molecule has 0 aliphatic carbocycles. The van der Waals surface area contributed by atoms with Crippen molar-refractivity contribution in [2.75, 3.05) is 18.8 Å². The topological polar surface area (TPSA) is 61.2 Å². The van der Waals surface area contributed by atoms with Crippen LogP contribution in [0.4, 0.5) is 0 Å². The number of nitriles is 1. The van der Waals surface area contributed by atoms with Crippen LogP contribution in [0, 0.1) is 17.2 Å². The fourth-order valence-electron chi connectivity index (χ4n) is 2.96. The van der Waals surface area contributed by atoms with E-state index >= 15 is 0 Å². The Labute approximate surface area is 133 Å². The highest BCUT2D eigenvalue weighted by molar-refractivity contribution is 7.89. The van der Waals surface area contributed by atoms with Crippen molar-refractivity contribution in [1.29, 1.82) is 5.26 Å². The van der Waals surface area contributed by atoms with Gasteiger partial charge in [0.05, 0.1) is 11.8 Å². The lowest BCUT2D eigenvalue weighted by Crippen LogP contribution is -2.40. The van der Waals surface area contributed by atoms with Crippen LogP contribution < -0.4 is 0 Å². The molecule has 1 aliphatic rings. The van der Waals surface area contributed by atoms with E-state index in [4.69, 9.17) is 5.26 Å². The second-order valence-corrected chi connectivity index (χ2v) is 8.05. The normalized spacial score (nSPS) is 17.2. The van der Waals surface area contributed by atoms with Crippen molar-refractivity contribution in [2.45, 2.75) is 38.5 Å². The van der Waals surface area contributed by atoms with Crippen molar-refractivity contribution in [3.05, 3.63) is 35.9 Å². The summed E-state index contributed by atoms with van der Waals surface area (Å²) in [6.45, 7) is 1.27. The van der Waals surface area contributed by atoms with Crippen LogP contribution >= 0.6 is 0 Å². The van der Waals surface area contributed by atoms with Gasteiger partial charge in [0.15, 0.2) is 0 Å². The van der Waals surface area contributed by atoms with E-state index in [1.54, 1.807) is 4.31 Å². The van der Waals surface area contributed by atoms with Gasteiger partial charge in [-0.3, -0.25) is 0 Å². The van der Waals surface area contributed by atoms with Gasteiger partial charge < -0.3 is 0 Å². The largest absolute Gasteiger partial charge is 0.214 e. The van der Waals surface area contributed by atoms with Crippen LogP contribution in [-0.4, -0.2) is 31.6 Å². The van der Waals surface area contributed by atoms with Gasteiger partial charge in [0.25, 0.3) is 0 Å². The summed E-state index contributed by atoms with van der Waals surface area (Å²) in [5.41, 5.74) is 1.33. The summed E-state index contributed by atoms with van der Waals surface area (Å²) in [4.78, 5) is 0. The molecule has 2 rings (SSSR count). The zero-order valence-corrected chi connectivity index (χ0v) is 13.8. The Kier molecular flexibility index (Phi) is 6.41. The Morgan fingerprint density at radius 2 is 1.82 bits per heavy atom. The molecule has 0 bridgehead atoms. The average Bonchev–Trinajstić information content (AvgIpc) is 2.53. The van der Waals surface area contributed by atoms with Crippen molar-refractivity contribution in [3.63, 3.8) is 0 Å². The Hall–Kier alpha value is -1.38. The van der Waals surface area contributed by atoms with Gasteiger partial charge in [-0.05, 0) is 43.6 Å². The SMILES string of the molecule is N#CCCCCS(=O)(=O)N1CCC(Cc2ccccc2)CC1. The number of benzene rings is 1. The van der Waals surface area contributed by atoms with Gasteiger partial charge in [0.1, 0.15) is 0 Å². The van der Waals surface area contributed by atoms with Crippen molar-refractivity contribution in [2.24, 2.45) is 5.92 Å². The first-order chi connectivity index (χ1) is 10.6. The maximum absolute atomic E-state index is 12.3. The molecule has 1 aromatic carbocycles. The molecule has 1 heterocycles. The third-order valence-corrected chi connectivity index (χ3v) is 6.23. The number of unbranched alkanes of at least 4 members (excludes halogenated alkanes) is 2. The van der Waals surface area contributed by atoms with E-state index in [-0.39, 0.29) is 5.75 Å². The molecule has 0 radical (unpaired) electrons. The minimum Gasteiger partial charge on any atom is -0.212 e. The van der Waals surface area contributed by atoms with Gasteiger partial charge in [-0.15, -0.1) is 0 Å². The minimum absolute atomic E-state index is 0.179. The van der Waals surface area contributed by atoms with E-state index in [2.05, 4.69) is 30.3 Å². The molecule has 1 saturated heterocycles. The van der Waals surface area contributed by atoms with E-state index in [9.17, 15) is 8.42 Å². The summed E-state index contributed by atoms with van der Waals surface area (Å²) in [6, 6.07) is 12.5. The summed E-state index contributed by atoms with van der Waals surface area (Å²) >= 11 is 0. The first-order valence-electron chi connectivity index (χ1n) is 8.00. The molecule has 120 valence electrons. The van der Waals surface area contributed by atoms with Gasteiger partial charge in [-0.2, -0.15) is 5.26 Å².